The monoisotopic (exact) mass is 410 g/mol. The smallest absolute Gasteiger partial charge is 0.269 e. The average molecular weight is 410 g/mol. The van der Waals surface area contributed by atoms with Crippen LogP contribution in [0.1, 0.15) is 35.9 Å². The van der Waals surface area contributed by atoms with E-state index in [0.717, 1.165) is 23.5 Å². The molecule has 0 bridgehead atoms. The average Bonchev–Trinajstić information content (AvgIpc) is 3.42. The van der Waals surface area contributed by atoms with Crippen LogP contribution in [0.15, 0.2) is 41.7 Å². The predicted molar refractivity (Wildman–Crippen MR) is 110 cm³/mol. The molecule has 0 saturated heterocycles. The van der Waals surface area contributed by atoms with Crippen molar-refractivity contribution < 1.29 is 14.0 Å². The van der Waals surface area contributed by atoms with Gasteiger partial charge in [-0.05, 0) is 26.8 Å². The molecule has 4 rings (SSSR count). The minimum Gasteiger partial charge on any atom is -0.382 e. The molecule has 1 N–H and O–H groups in total. The molecule has 1 aromatic carbocycles. The number of aromatic nitrogens is 4. The topological polar surface area (TPSA) is 86.3 Å². The molecule has 1 aliphatic rings. The van der Waals surface area contributed by atoms with E-state index in [-0.39, 0.29) is 18.3 Å². The highest BCUT2D eigenvalue weighted by molar-refractivity contribution is 6.06. The van der Waals surface area contributed by atoms with Crippen molar-refractivity contribution in [2.75, 3.05) is 5.32 Å². The molecule has 0 radical (unpaired) electrons. The van der Waals surface area contributed by atoms with Crippen molar-refractivity contribution in [2.45, 2.75) is 46.4 Å². The zero-order valence-electron chi connectivity index (χ0n) is 17.1. The highest BCUT2D eigenvalue weighted by atomic mass is 19.1. The number of halogens is 1. The van der Waals surface area contributed by atoms with Crippen LogP contribution < -0.4 is 5.32 Å². The number of carbonyl (C=O) groups excluding carboxylic acids is 1. The SMILES string of the molecule is CCn1cc(C2=NOC(C(=O)Nc3cc(C)n(Cc4ccccc4F)n3)C2)c(C)n1. The van der Waals surface area contributed by atoms with E-state index in [4.69, 9.17) is 4.84 Å². The summed E-state index contributed by atoms with van der Waals surface area (Å²) in [7, 11) is 0. The van der Waals surface area contributed by atoms with Crippen LogP contribution in [-0.4, -0.2) is 37.3 Å². The Morgan fingerprint density at radius 3 is 2.83 bits per heavy atom. The number of nitrogens with one attached hydrogen (secondary N) is 1. The molecule has 1 aliphatic heterocycles. The van der Waals surface area contributed by atoms with Gasteiger partial charge in [0.05, 0.1) is 18.0 Å². The normalized spacial score (nSPS) is 15.7. The molecule has 3 aromatic rings. The summed E-state index contributed by atoms with van der Waals surface area (Å²) in [6, 6.07) is 8.29. The molecule has 3 heterocycles. The number of amides is 1. The fourth-order valence-corrected chi connectivity index (χ4v) is 3.37. The summed E-state index contributed by atoms with van der Waals surface area (Å²) in [6.45, 7) is 6.80. The highest BCUT2D eigenvalue weighted by Gasteiger charge is 2.31. The maximum atomic E-state index is 13.9. The van der Waals surface area contributed by atoms with Crippen molar-refractivity contribution in [3.63, 3.8) is 0 Å². The second-order valence-corrected chi connectivity index (χ2v) is 7.23. The second kappa shape index (κ2) is 8.10. The largest absolute Gasteiger partial charge is 0.382 e. The van der Waals surface area contributed by atoms with Gasteiger partial charge in [-0.2, -0.15) is 10.2 Å². The third-order valence-electron chi connectivity index (χ3n) is 5.05. The van der Waals surface area contributed by atoms with Crippen molar-refractivity contribution >= 4 is 17.4 Å². The first kappa shape index (κ1) is 19.8. The quantitative estimate of drug-likeness (QED) is 0.677. The van der Waals surface area contributed by atoms with Crippen LogP contribution in [0, 0.1) is 19.7 Å². The Hall–Kier alpha value is -3.49. The number of hydrogen-bond donors (Lipinski definition) is 1. The molecule has 0 fully saturated rings. The van der Waals surface area contributed by atoms with Gasteiger partial charge in [0, 0.05) is 42.0 Å². The summed E-state index contributed by atoms with van der Waals surface area (Å²) < 4.78 is 17.4. The van der Waals surface area contributed by atoms with E-state index in [1.165, 1.54) is 6.07 Å². The standard InChI is InChI=1S/C21H23FN6O2/c1-4-27-12-16(14(3)24-27)18-10-19(30-26-18)21(29)23-20-9-13(2)28(25-20)11-15-7-5-6-8-17(15)22/h5-9,12,19H,4,10-11H2,1-3H3,(H,23,25,29). The molecule has 1 atom stereocenters. The second-order valence-electron chi connectivity index (χ2n) is 7.23. The first-order chi connectivity index (χ1) is 14.4. The number of hydrogen-bond acceptors (Lipinski definition) is 5. The number of oxime groups is 1. The molecular weight excluding hydrogens is 387 g/mol. The lowest BCUT2D eigenvalue weighted by molar-refractivity contribution is -0.125. The number of aryl methyl sites for hydroxylation is 3. The Morgan fingerprint density at radius 2 is 2.10 bits per heavy atom. The van der Waals surface area contributed by atoms with Gasteiger partial charge in [-0.15, -0.1) is 0 Å². The summed E-state index contributed by atoms with van der Waals surface area (Å²) in [4.78, 5) is 18.0. The van der Waals surface area contributed by atoms with E-state index in [9.17, 15) is 9.18 Å². The summed E-state index contributed by atoms with van der Waals surface area (Å²) in [5.74, 6) is -0.227. The molecule has 1 amide bonds. The van der Waals surface area contributed by atoms with Crippen molar-refractivity contribution in [3.8, 4) is 0 Å². The van der Waals surface area contributed by atoms with E-state index < -0.39 is 6.10 Å². The van der Waals surface area contributed by atoms with E-state index in [1.54, 1.807) is 28.9 Å². The van der Waals surface area contributed by atoms with Gasteiger partial charge >= 0.3 is 0 Å². The van der Waals surface area contributed by atoms with Crippen LogP contribution in [0.2, 0.25) is 0 Å². The molecule has 8 nitrogen and oxygen atoms in total. The zero-order chi connectivity index (χ0) is 21.3. The van der Waals surface area contributed by atoms with Crippen LogP contribution in [-0.2, 0) is 22.7 Å². The third-order valence-corrected chi connectivity index (χ3v) is 5.05. The molecule has 2 aromatic heterocycles. The molecule has 0 aliphatic carbocycles. The van der Waals surface area contributed by atoms with Crippen LogP contribution >= 0.6 is 0 Å². The van der Waals surface area contributed by atoms with Gasteiger partial charge in [-0.3, -0.25) is 14.2 Å². The van der Waals surface area contributed by atoms with Crippen LogP contribution in [0.3, 0.4) is 0 Å². The Labute approximate surface area is 173 Å². The summed E-state index contributed by atoms with van der Waals surface area (Å²) in [5, 5.41) is 15.6. The van der Waals surface area contributed by atoms with Crippen molar-refractivity contribution in [3.05, 3.63) is 64.9 Å². The molecular formula is C21H23FN6O2. The molecule has 9 heteroatoms. The van der Waals surface area contributed by atoms with Gasteiger partial charge in [0.15, 0.2) is 5.82 Å². The van der Waals surface area contributed by atoms with Crippen LogP contribution in [0.25, 0.3) is 0 Å². The number of anilines is 1. The fraction of sp³-hybridized carbons (Fsp3) is 0.333. The van der Waals surface area contributed by atoms with E-state index in [0.29, 0.717) is 23.5 Å². The fourth-order valence-electron chi connectivity index (χ4n) is 3.37. The van der Waals surface area contributed by atoms with Gasteiger partial charge in [-0.1, -0.05) is 23.4 Å². The lowest BCUT2D eigenvalue weighted by Crippen LogP contribution is -2.28. The van der Waals surface area contributed by atoms with Crippen molar-refractivity contribution in [1.82, 2.24) is 19.6 Å². The van der Waals surface area contributed by atoms with E-state index in [1.807, 2.05) is 31.6 Å². The summed E-state index contributed by atoms with van der Waals surface area (Å²) >= 11 is 0. The number of rotatable bonds is 6. The third kappa shape index (κ3) is 3.96. The Kier molecular flexibility index (Phi) is 5.35. The predicted octanol–water partition coefficient (Wildman–Crippen LogP) is 3.04. The zero-order valence-corrected chi connectivity index (χ0v) is 17.1. The Morgan fingerprint density at radius 1 is 1.30 bits per heavy atom. The molecule has 0 saturated carbocycles. The minimum absolute atomic E-state index is 0.280. The van der Waals surface area contributed by atoms with Crippen LogP contribution in [0.5, 0.6) is 0 Å². The Balaban J connectivity index is 1.40. The van der Waals surface area contributed by atoms with Crippen LogP contribution in [0.4, 0.5) is 10.2 Å². The molecule has 30 heavy (non-hydrogen) atoms. The minimum atomic E-state index is -0.735. The maximum Gasteiger partial charge on any atom is 0.269 e. The van der Waals surface area contributed by atoms with Crippen molar-refractivity contribution in [1.29, 1.82) is 0 Å². The van der Waals surface area contributed by atoms with Gasteiger partial charge in [0.2, 0.25) is 6.10 Å². The lowest BCUT2D eigenvalue weighted by Gasteiger charge is -2.07. The first-order valence-corrected chi connectivity index (χ1v) is 9.80. The highest BCUT2D eigenvalue weighted by Crippen LogP contribution is 2.21. The first-order valence-electron chi connectivity index (χ1n) is 9.80. The maximum absolute atomic E-state index is 13.9. The van der Waals surface area contributed by atoms with Gasteiger partial charge in [0.25, 0.3) is 5.91 Å². The Bertz CT molecular complexity index is 1120. The van der Waals surface area contributed by atoms with Gasteiger partial charge in [0.1, 0.15) is 5.82 Å². The van der Waals surface area contributed by atoms with Gasteiger partial charge < -0.3 is 10.2 Å². The number of nitrogens with zero attached hydrogens (tertiary/aromatic N) is 5. The summed E-state index contributed by atoms with van der Waals surface area (Å²) in [5.41, 5.74) is 3.77. The summed E-state index contributed by atoms with van der Waals surface area (Å²) in [6.07, 6.45) is 1.53. The molecule has 156 valence electrons. The van der Waals surface area contributed by atoms with E-state index in [2.05, 4.69) is 20.7 Å². The van der Waals surface area contributed by atoms with E-state index >= 15 is 0 Å². The van der Waals surface area contributed by atoms with Gasteiger partial charge in [-0.25, -0.2) is 4.39 Å². The number of carbonyl (C=O) groups is 1. The molecule has 0 spiro atoms. The van der Waals surface area contributed by atoms with Crippen molar-refractivity contribution in [2.24, 2.45) is 5.16 Å². The lowest BCUT2D eigenvalue weighted by atomic mass is 10.1. The molecule has 1 unspecified atom stereocenters. The number of benzene rings is 1.